The molecule has 0 aromatic heterocycles. The summed E-state index contributed by atoms with van der Waals surface area (Å²) in [7, 11) is 0. The molecule has 0 unspecified atom stereocenters. The molecule has 2 aliphatic carbocycles. The van der Waals surface area contributed by atoms with E-state index in [2.05, 4.69) is 6.92 Å². The Hall–Kier alpha value is -0.570. The number of unbranched alkanes of at least 4 members (excludes halogenated alkanes) is 2. The van der Waals surface area contributed by atoms with Gasteiger partial charge in [-0.3, -0.25) is 4.79 Å². The van der Waals surface area contributed by atoms with Gasteiger partial charge in [0.2, 0.25) is 0 Å². The third-order valence-electron chi connectivity index (χ3n) is 6.62. The minimum absolute atomic E-state index is 0.00780. The van der Waals surface area contributed by atoms with Crippen molar-refractivity contribution in [2.45, 2.75) is 90.4 Å². The molecule has 3 heteroatoms. The maximum atomic E-state index is 11.1. The number of hydrogen-bond acceptors (Lipinski definition) is 3. The van der Waals surface area contributed by atoms with Crippen LogP contribution in [0.2, 0.25) is 0 Å². The molecule has 0 aliphatic heterocycles. The predicted molar refractivity (Wildman–Crippen MR) is 99.7 cm³/mol. The molecule has 0 bridgehead atoms. The predicted octanol–water partition coefficient (Wildman–Crippen LogP) is 5.07. The van der Waals surface area contributed by atoms with Gasteiger partial charge in [0.1, 0.15) is 0 Å². The van der Waals surface area contributed by atoms with Crippen LogP contribution in [0.25, 0.3) is 0 Å². The topological polar surface area (TPSA) is 52.3 Å². The summed E-state index contributed by atoms with van der Waals surface area (Å²) in [6, 6.07) is 0. The van der Waals surface area contributed by atoms with Crippen LogP contribution < -0.4 is 5.73 Å². The average molecular weight is 338 g/mol. The lowest BCUT2D eigenvalue weighted by atomic mass is 9.68. The van der Waals surface area contributed by atoms with Gasteiger partial charge in [0.25, 0.3) is 0 Å². The molecule has 2 saturated carbocycles. The van der Waals surface area contributed by atoms with E-state index in [1.54, 1.807) is 0 Å². The zero-order valence-corrected chi connectivity index (χ0v) is 15.8. The molecule has 3 nitrogen and oxygen atoms in total. The van der Waals surface area contributed by atoms with Gasteiger partial charge in [0.15, 0.2) is 0 Å². The molecule has 2 N–H and O–H groups in total. The first kappa shape index (κ1) is 19.8. The summed E-state index contributed by atoms with van der Waals surface area (Å²) in [5.41, 5.74) is 5.26. The third kappa shape index (κ3) is 6.74. The molecule has 2 aliphatic rings. The average Bonchev–Trinajstić information content (AvgIpc) is 2.63. The Morgan fingerprint density at radius 2 is 1.42 bits per heavy atom. The number of nitrogens with two attached hydrogens (primary N) is 1. The fourth-order valence-corrected chi connectivity index (χ4v) is 4.98. The van der Waals surface area contributed by atoms with Gasteiger partial charge < -0.3 is 10.5 Å². The molecule has 0 aromatic rings. The van der Waals surface area contributed by atoms with Crippen molar-refractivity contribution in [1.82, 2.24) is 0 Å². The van der Waals surface area contributed by atoms with Crippen LogP contribution in [0.4, 0.5) is 0 Å². The minimum atomic E-state index is -0.264. The molecule has 0 radical (unpaired) electrons. The van der Waals surface area contributed by atoms with Crippen LogP contribution in [0, 0.1) is 23.7 Å². The van der Waals surface area contributed by atoms with Crippen LogP contribution in [0.5, 0.6) is 0 Å². The van der Waals surface area contributed by atoms with Crippen molar-refractivity contribution < 1.29 is 9.53 Å². The molecule has 24 heavy (non-hydrogen) atoms. The highest BCUT2D eigenvalue weighted by molar-refractivity contribution is 5.71. The fourth-order valence-electron chi connectivity index (χ4n) is 4.98. The van der Waals surface area contributed by atoms with Gasteiger partial charge in [-0.05, 0) is 55.8 Å². The largest absolute Gasteiger partial charge is 0.465 e. The number of esters is 1. The molecule has 0 aromatic carbocycles. The molecule has 2 fully saturated rings. The fraction of sp³-hybridized carbons (Fsp3) is 0.952. The lowest BCUT2D eigenvalue weighted by Crippen LogP contribution is -2.26. The summed E-state index contributed by atoms with van der Waals surface area (Å²) in [5.74, 6) is 3.51. The van der Waals surface area contributed by atoms with E-state index in [4.69, 9.17) is 10.5 Å². The zero-order valence-electron chi connectivity index (χ0n) is 15.8. The van der Waals surface area contributed by atoms with Crippen molar-refractivity contribution in [3.8, 4) is 0 Å². The van der Waals surface area contributed by atoms with Crippen molar-refractivity contribution in [3.05, 3.63) is 0 Å². The smallest absolute Gasteiger partial charge is 0.319 e. The Kier molecular flexibility index (Phi) is 9.15. The van der Waals surface area contributed by atoms with Gasteiger partial charge in [0, 0.05) is 0 Å². The molecule has 140 valence electrons. The van der Waals surface area contributed by atoms with Crippen LogP contribution in [0.15, 0.2) is 0 Å². The van der Waals surface area contributed by atoms with Crippen LogP contribution in [-0.2, 0) is 9.53 Å². The number of carbonyl (C=O) groups excluding carboxylic acids is 1. The quantitative estimate of drug-likeness (QED) is 0.472. The molecule has 0 spiro atoms. The minimum Gasteiger partial charge on any atom is -0.465 e. The van der Waals surface area contributed by atoms with E-state index in [-0.39, 0.29) is 12.5 Å². The van der Waals surface area contributed by atoms with Gasteiger partial charge >= 0.3 is 5.97 Å². The second kappa shape index (κ2) is 11.1. The Labute approximate surface area is 149 Å². The summed E-state index contributed by atoms with van der Waals surface area (Å²) in [6.07, 6.45) is 18.2. The van der Waals surface area contributed by atoms with Crippen LogP contribution in [-0.4, -0.2) is 19.1 Å². The number of ether oxygens (including phenoxy) is 1. The molecule has 0 saturated heterocycles. The lowest BCUT2D eigenvalue weighted by molar-refractivity contribution is -0.142. The summed E-state index contributed by atoms with van der Waals surface area (Å²) < 4.78 is 5.13. The zero-order chi connectivity index (χ0) is 17.2. The van der Waals surface area contributed by atoms with Crippen molar-refractivity contribution >= 4 is 5.97 Å². The SMILES string of the molecule is CCCCCC1CCC(C2CCC(CCOC(=O)CN)CC2)CC1. The van der Waals surface area contributed by atoms with Crippen LogP contribution in [0.1, 0.15) is 90.4 Å². The van der Waals surface area contributed by atoms with Gasteiger partial charge in [-0.2, -0.15) is 0 Å². The number of carbonyl (C=O) groups is 1. The first-order valence-electron chi connectivity index (χ1n) is 10.6. The lowest BCUT2D eigenvalue weighted by Gasteiger charge is -2.38. The molecule has 0 amide bonds. The highest BCUT2D eigenvalue weighted by Gasteiger charge is 2.30. The van der Waals surface area contributed by atoms with Gasteiger partial charge in [-0.25, -0.2) is 0 Å². The summed E-state index contributed by atoms with van der Waals surface area (Å²) in [5, 5.41) is 0. The summed E-state index contributed by atoms with van der Waals surface area (Å²) >= 11 is 0. The number of hydrogen-bond donors (Lipinski definition) is 1. The molecule has 0 heterocycles. The maximum Gasteiger partial charge on any atom is 0.319 e. The number of rotatable bonds is 9. The molecule has 2 rings (SSSR count). The first-order valence-corrected chi connectivity index (χ1v) is 10.6. The second-order valence-corrected chi connectivity index (χ2v) is 8.27. The Balaban J connectivity index is 1.57. The standard InChI is InChI=1S/C21H39NO2/c1-2-3-4-5-17-6-10-19(11-7-17)20-12-8-18(9-13-20)14-15-24-21(23)16-22/h17-20H,2-16,22H2,1H3. The normalized spacial score (nSPS) is 30.9. The van der Waals surface area contributed by atoms with E-state index >= 15 is 0 Å². The second-order valence-electron chi connectivity index (χ2n) is 8.27. The van der Waals surface area contributed by atoms with Crippen LogP contribution >= 0.6 is 0 Å². The van der Waals surface area contributed by atoms with Gasteiger partial charge in [-0.15, -0.1) is 0 Å². The Bertz CT molecular complexity index is 342. The monoisotopic (exact) mass is 337 g/mol. The highest BCUT2D eigenvalue weighted by Crippen LogP contribution is 2.42. The van der Waals surface area contributed by atoms with E-state index in [1.165, 1.54) is 77.0 Å². The van der Waals surface area contributed by atoms with Crippen LogP contribution in [0.3, 0.4) is 0 Å². The molecule has 0 atom stereocenters. The van der Waals surface area contributed by atoms with Crippen molar-refractivity contribution in [2.75, 3.05) is 13.2 Å². The van der Waals surface area contributed by atoms with Crippen molar-refractivity contribution in [2.24, 2.45) is 29.4 Å². The Morgan fingerprint density at radius 1 is 0.875 bits per heavy atom. The van der Waals surface area contributed by atoms with E-state index in [0.29, 0.717) is 6.61 Å². The van der Waals surface area contributed by atoms with Crippen molar-refractivity contribution in [3.63, 3.8) is 0 Å². The Morgan fingerprint density at radius 3 is 1.92 bits per heavy atom. The summed E-state index contributed by atoms with van der Waals surface area (Å²) in [4.78, 5) is 11.1. The molecular formula is C21H39NO2. The van der Waals surface area contributed by atoms with E-state index < -0.39 is 0 Å². The van der Waals surface area contributed by atoms with Gasteiger partial charge in [0.05, 0.1) is 13.2 Å². The van der Waals surface area contributed by atoms with E-state index in [0.717, 1.165) is 30.1 Å². The van der Waals surface area contributed by atoms with E-state index in [1.807, 2.05) is 0 Å². The first-order chi connectivity index (χ1) is 11.7. The van der Waals surface area contributed by atoms with Crippen molar-refractivity contribution in [1.29, 1.82) is 0 Å². The maximum absolute atomic E-state index is 11.1. The summed E-state index contributed by atoms with van der Waals surface area (Å²) in [6.45, 7) is 2.87. The van der Waals surface area contributed by atoms with E-state index in [9.17, 15) is 4.79 Å². The third-order valence-corrected chi connectivity index (χ3v) is 6.62. The van der Waals surface area contributed by atoms with Gasteiger partial charge in [-0.1, -0.05) is 58.3 Å². The molecular weight excluding hydrogens is 298 g/mol. The highest BCUT2D eigenvalue weighted by atomic mass is 16.5.